The molecule has 2 aromatic carbocycles. The zero-order valence-corrected chi connectivity index (χ0v) is 17.5. The molecule has 0 saturated carbocycles. The standard InChI is InChI=1S/C20H19ClN2O6S/c21-17-11-14(12-18-19(17)28-10-2-9-27-18)13-29-20(24)15-3-5-16(6-4-15)30(25,26)23-8-1-7-22/h3-6,11-12,23H,1-2,8-10,13H2. The molecule has 0 unspecified atom stereocenters. The number of carbonyl (C=O) groups excluding carboxylic acids is 1. The van der Waals surface area contributed by atoms with Crippen molar-refractivity contribution in [3.05, 3.63) is 52.5 Å². The molecule has 8 nitrogen and oxygen atoms in total. The third-order valence-corrected chi connectivity index (χ3v) is 5.92. The van der Waals surface area contributed by atoms with Crippen LogP contribution in [0.15, 0.2) is 41.3 Å². The van der Waals surface area contributed by atoms with Gasteiger partial charge in [-0.3, -0.25) is 0 Å². The Morgan fingerprint density at radius 1 is 1.20 bits per heavy atom. The molecular formula is C20H19ClN2O6S. The molecule has 0 aromatic heterocycles. The second-order valence-corrected chi connectivity index (χ2v) is 8.54. The Labute approximate surface area is 179 Å². The first-order valence-electron chi connectivity index (χ1n) is 9.12. The number of carbonyl (C=O) groups is 1. The fraction of sp³-hybridized carbons (Fsp3) is 0.300. The summed E-state index contributed by atoms with van der Waals surface area (Å²) >= 11 is 6.23. The topological polar surface area (TPSA) is 115 Å². The fourth-order valence-corrected chi connectivity index (χ4v) is 4.01. The maximum Gasteiger partial charge on any atom is 0.338 e. The number of benzene rings is 2. The van der Waals surface area contributed by atoms with E-state index in [1.165, 1.54) is 24.3 Å². The molecule has 1 aliphatic heterocycles. The molecule has 30 heavy (non-hydrogen) atoms. The Bertz CT molecular complexity index is 1060. The van der Waals surface area contributed by atoms with E-state index >= 15 is 0 Å². The average Bonchev–Trinajstić information content (AvgIpc) is 2.98. The number of nitrogens with zero attached hydrogens (tertiary/aromatic N) is 1. The van der Waals surface area contributed by atoms with Crippen LogP contribution >= 0.6 is 11.6 Å². The predicted molar refractivity (Wildman–Crippen MR) is 108 cm³/mol. The van der Waals surface area contributed by atoms with Crippen molar-refractivity contribution < 1.29 is 27.4 Å². The normalized spacial score (nSPS) is 13.2. The van der Waals surface area contributed by atoms with Crippen molar-refractivity contribution in [2.24, 2.45) is 0 Å². The van der Waals surface area contributed by atoms with E-state index in [0.29, 0.717) is 35.3 Å². The lowest BCUT2D eigenvalue weighted by atomic mass is 10.2. The van der Waals surface area contributed by atoms with Gasteiger partial charge in [-0.25, -0.2) is 17.9 Å². The molecule has 2 aromatic rings. The van der Waals surface area contributed by atoms with Gasteiger partial charge in [-0.15, -0.1) is 0 Å². The molecule has 0 saturated heterocycles. The molecule has 10 heteroatoms. The van der Waals surface area contributed by atoms with Crippen molar-refractivity contribution in [3.63, 3.8) is 0 Å². The third kappa shape index (κ3) is 5.42. The molecule has 0 atom stereocenters. The monoisotopic (exact) mass is 450 g/mol. The summed E-state index contributed by atoms with van der Waals surface area (Å²) in [4.78, 5) is 12.3. The number of esters is 1. The zero-order valence-electron chi connectivity index (χ0n) is 15.9. The average molecular weight is 451 g/mol. The van der Waals surface area contributed by atoms with Crippen molar-refractivity contribution >= 4 is 27.6 Å². The highest BCUT2D eigenvalue weighted by molar-refractivity contribution is 7.89. The zero-order chi connectivity index (χ0) is 21.6. The van der Waals surface area contributed by atoms with Crippen molar-refractivity contribution in [1.29, 1.82) is 5.26 Å². The Kier molecular flexibility index (Phi) is 7.15. The van der Waals surface area contributed by atoms with Crippen molar-refractivity contribution in [3.8, 4) is 17.6 Å². The van der Waals surface area contributed by atoms with Gasteiger partial charge in [-0.1, -0.05) is 11.6 Å². The highest BCUT2D eigenvalue weighted by atomic mass is 35.5. The minimum Gasteiger partial charge on any atom is -0.489 e. The highest BCUT2D eigenvalue weighted by Gasteiger charge is 2.18. The van der Waals surface area contributed by atoms with Gasteiger partial charge >= 0.3 is 5.97 Å². The number of nitriles is 1. The lowest BCUT2D eigenvalue weighted by molar-refractivity contribution is 0.0472. The summed E-state index contributed by atoms with van der Waals surface area (Å²) in [6.45, 7) is 0.999. The predicted octanol–water partition coefficient (Wildman–Crippen LogP) is 3.05. The minimum atomic E-state index is -3.74. The number of nitrogens with one attached hydrogen (secondary N) is 1. The first kappa shape index (κ1) is 21.9. The molecule has 1 heterocycles. The third-order valence-electron chi connectivity index (χ3n) is 4.16. The quantitative estimate of drug-likeness (QED) is 0.509. The van der Waals surface area contributed by atoms with Gasteiger partial charge in [0, 0.05) is 19.4 Å². The van der Waals surface area contributed by atoms with Crippen LogP contribution in [0, 0.1) is 11.3 Å². The number of fused-ring (bicyclic) bond motifs is 1. The lowest BCUT2D eigenvalue weighted by Gasteiger charge is -2.12. The van der Waals surface area contributed by atoms with Crippen LogP contribution in [-0.2, 0) is 21.4 Å². The van der Waals surface area contributed by atoms with Crippen molar-refractivity contribution in [1.82, 2.24) is 4.72 Å². The van der Waals surface area contributed by atoms with Crippen LogP contribution < -0.4 is 14.2 Å². The number of halogens is 1. The van der Waals surface area contributed by atoms with Gasteiger partial charge in [-0.05, 0) is 42.0 Å². The molecule has 1 N–H and O–H groups in total. The SMILES string of the molecule is N#CCCNS(=O)(=O)c1ccc(C(=O)OCc2cc(Cl)c3c(c2)OCCCO3)cc1. The summed E-state index contributed by atoms with van der Waals surface area (Å²) in [7, 11) is -3.74. The number of ether oxygens (including phenoxy) is 3. The first-order valence-corrected chi connectivity index (χ1v) is 11.0. The van der Waals surface area contributed by atoms with E-state index in [1.54, 1.807) is 12.1 Å². The van der Waals surface area contributed by atoms with E-state index in [0.717, 1.165) is 6.42 Å². The van der Waals surface area contributed by atoms with Crippen molar-refractivity contribution in [2.75, 3.05) is 19.8 Å². The van der Waals surface area contributed by atoms with E-state index in [2.05, 4.69) is 4.72 Å². The number of hydrogen-bond acceptors (Lipinski definition) is 7. The molecule has 158 valence electrons. The first-order chi connectivity index (χ1) is 14.4. The Balaban J connectivity index is 1.64. The van der Waals surface area contributed by atoms with E-state index < -0.39 is 16.0 Å². The number of rotatable bonds is 7. The molecule has 0 aliphatic carbocycles. The van der Waals surface area contributed by atoms with E-state index in [4.69, 9.17) is 31.1 Å². The second-order valence-electron chi connectivity index (χ2n) is 6.36. The van der Waals surface area contributed by atoms with Gasteiger partial charge < -0.3 is 14.2 Å². The molecule has 0 bridgehead atoms. The molecule has 3 rings (SSSR count). The lowest BCUT2D eigenvalue weighted by Crippen LogP contribution is -2.24. The Hall–Kier alpha value is -2.80. The van der Waals surface area contributed by atoms with Crippen LogP contribution in [0.1, 0.15) is 28.8 Å². The van der Waals surface area contributed by atoms with Crippen LogP contribution in [0.25, 0.3) is 0 Å². The minimum absolute atomic E-state index is 0.00771. The molecule has 0 radical (unpaired) electrons. The summed E-state index contributed by atoms with van der Waals surface area (Å²) in [5.41, 5.74) is 0.838. The molecule has 1 aliphatic rings. The molecule has 0 amide bonds. The highest BCUT2D eigenvalue weighted by Crippen LogP contribution is 2.38. The van der Waals surface area contributed by atoms with Gasteiger partial charge in [0.2, 0.25) is 10.0 Å². The summed E-state index contributed by atoms with van der Waals surface area (Å²) in [5, 5.41) is 8.87. The maximum atomic E-state index is 12.3. The smallest absolute Gasteiger partial charge is 0.338 e. The summed E-state index contributed by atoms with van der Waals surface area (Å²) in [6.07, 6.45) is 0.808. The van der Waals surface area contributed by atoms with Crippen LogP contribution in [0.4, 0.5) is 0 Å². The van der Waals surface area contributed by atoms with Gasteiger partial charge in [-0.2, -0.15) is 5.26 Å². The molecular weight excluding hydrogens is 432 g/mol. The van der Waals surface area contributed by atoms with E-state index in [1.807, 2.05) is 6.07 Å². The van der Waals surface area contributed by atoms with Gasteiger partial charge in [0.15, 0.2) is 11.5 Å². The number of sulfonamides is 1. The van der Waals surface area contributed by atoms with E-state index in [9.17, 15) is 13.2 Å². The number of hydrogen-bond donors (Lipinski definition) is 1. The maximum absolute atomic E-state index is 12.3. The molecule has 0 fully saturated rings. The summed E-state index contributed by atoms with van der Waals surface area (Å²) < 4.78 is 43.0. The Morgan fingerprint density at radius 2 is 1.93 bits per heavy atom. The van der Waals surface area contributed by atoms with Gasteiger partial charge in [0.05, 0.1) is 34.8 Å². The molecule has 0 spiro atoms. The van der Waals surface area contributed by atoms with E-state index in [-0.39, 0.29) is 30.0 Å². The van der Waals surface area contributed by atoms with Crippen LogP contribution in [-0.4, -0.2) is 34.1 Å². The van der Waals surface area contributed by atoms with Crippen LogP contribution in [0.3, 0.4) is 0 Å². The Morgan fingerprint density at radius 3 is 2.67 bits per heavy atom. The van der Waals surface area contributed by atoms with Crippen LogP contribution in [0.5, 0.6) is 11.5 Å². The largest absolute Gasteiger partial charge is 0.489 e. The van der Waals surface area contributed by atoms with Gasteiger partial charge in [0.25, 0.3) is 0 Å². The van der Waals surface area contributed by atoms with Gasteiger partial charge in [0.1, 0.15) is 6.61 Å². The van der Waals surface area contributed by atoms with Crippen molar-refractivity contribution in [2.45, 2.75) is 24.3 Å². The summed E-state index contributed by atoms with van der Waals surface area (Å²) in [6, 6.07) is 10.5. The second kappa shape index (κ2) is 9.80. The summed E-state index contributed by atoms with van der Waals surface area (Å²) in [5.74, 6) is 0.369. The fourth-order valence-electron chi connectivity index (χ4n) is 2.69. The van der Waals surface area contributed by atoms with Crippen LogP contribution in [0.2, 0.25) is 5.02 Å².